The Hall–Kier alpha value is -2.98. The maximum absolute atomic E-state index is 12.0. The van der Waals surface area contributed by atoms with Gasteiger partial charge in [0.2, 0.25) is 0 Å². The maximum Gasteiger partial charge on any atom is 0.344 e. The molecule has 0 aliphatic heterocycles. The molecule has 0 aliphatic rings. The van der Waals surface area contributed by atoms with Crippen LogP contribution in [0.2, 0.25) is 0 Å². The van der Waals surface area contributed by atoms with E-state index >= 15 is 0 Å². The lowest BCUT2D eigenvalue weighted by atomic mass is 10.0. The first-order valence-electron chi connectivity index (χ1n) is 9.15. The number of thioether (sulfide) groups is 1. The molecule has 1 amide bonds. The fourth-order valence-corrected chi connectivity index (χ4v) is 3.01. The van der Waals surface area contributed by atoms with Crippen LogP contribution in [0.3, 0.4) is 0 Å². The van der Waals surface area contributed by atoms with Crippen molar-refractivity contribution >= 4 is 29.3 Å². The van der Waals surface area contributed by atoms with Crippen molar-refractivity contribution < 1.29 is 19.1 Å². The number of ether oxygens (including phenoxy) is 2. The van der Waals surface area contributed by atoms with Gasteiger partial charge in [0, 0.05) is 10.6 Å². The Kier molecular flexibility index (Phi) is 8.10. The number of nitrogens with one attached hydrogen (secondary N) is 1. The van der Waals surface area contributed by atoms with Crippen molar-refractivity contribution in [1.82, 2.24) is 0 Å². The largest absolute Gasteiger partial charge is 0.482 e. The normalized spacial score (nSPS) is 10.3. The summed E-state index contributed by atoms with van der Waals surface area (Å²) in [6.45, 7) is 7.22. The molecule has 0 saturated heterocycles. The summed E-state index contributed by atoms with van der Waals surface area (Å²) in [6, 6.07) is 11.1. The van der Waals surface area contributed by atoms with Crippen LogP contribution in [0.5, 0.6) is 5.75 Å². The molecule has 0 aromatic heterocycles. The maximum atomic E-state index is 12.0. The van der Waals surface area contributed by atoms with E-state index in [1.165, 1.54) is 0 Å². The summed E-state index contributed by atoms with van der Waals surface area (Å²) in [7, 11) is 0. The van der Waals surface area contributed by atoms with E-state index in [-0.39, 0.29) is 6.61 Å². The standard InChI is InChI=1S/C22H24N2O4S/c1-14(2)17-6-5-15(3)20(10-17)27-12-22(26)28-11-21(25)24-19-8-7-18(29-13-23)9-16(19)4/h5-10,14H,11-12H2,1-4H3,(H,24,25). The van der Waals surface area contributed by atoms with Crippen LogP contribution in [-0.2, 0) is 14.3 Å². The van der Waals surface area contributed by atoms with Gasteiger partial charge in [-0.15, -0.1) is 0 Å². The van der Waals surface area contributed by atoms with Gasteiger partial charge in [0.05, 0.1) is 0 Å². The van der Waals surface area contributed by atoms with Crippen molar-refractivity contribution in [2.75, 3.05) is 18.5 Å². The van der Waals surface area contributed by atoms with E-state index < -0.39 is 18.5 Å². The van der Waals surface area contributed by atoms with Crippen LogP contribution in [-0.4, -0.2) is 25.1 Å². The third-order valence-electron chi connectivity index (χ3n) is 4.22. The molecule has 152 valence electrons. The molecule has 29 heavy (non-hydrogen) atoms. The minimum atomic E-state index is -0.619. The molecular weight excluding hydrogens is 388 g/mol. The second-order valence-electron chi connectivity index (χ2n) is 6.85. The average Bonchev–Trinajstić information content (AvgIpc) is 2.68. The van der Waals surface area contributed by atoms with Crippen LogP contribution in [0.1, 0.15) is 36.5 Å². The molecule has 6 nitrogen and oxygen atoms in total. The van der Waals surface area contributed by atoms with Crippen molar-refractivity contribution in [2.24, 2.45) is 0 Å². The number of esters is 1. The lowest BCUT2D eigenvalue weighted by molar-refractivity contribution is -0.149. The molecule has 0 atom stereocenters. The third-order valence-corrected chi connectivity index (χ3v) is 4.81. The summed E-state index contributed by atoms with van der Waals surface area (Å²) in [4.78, 5) is 24.8. The molecule has 0 aliphatic carbocycles. The highest BCUT2D eigenvalue weighted by Gasteiger charge is 2.12. The number of carbonyl (C=O) groups excluding carboxylic acids is 2. The number of rotatable bonds is 8. The van der Waals surface area contributed by atoms with Crippen LogP contribution in [0.25, 0.3) is 0 Å². The Morgan fingerprint density at radius 1 is 1.10 bits per heavy atom. The molecule has 0 fully saturated rings. The number of amides is 1. The molecule has 7 heteroatoms. The molecule has 0 bridgehead atoms. The van der Waals surface area contributed by atoms with Crippen molar-refractivity contribution in [3.05, 3.63) is 53.1 Å². The highest BCUT2D eigenvalue weighted by Crippen LogP contribution is 2.25. The van der Waals surface area contributed by atoms with Crippen LogP contribution in [0.4, 0.5) is 5.69 Å². The van der Waals surface area contributed by atoms with Gasteiger partial charge in [0.15, 0.2) is 13.2 Å². The summed E-state index contributed by atoms with van der Waals surface area (Å²) in [5, 5.41) is 13.4. The molecule has 0 heterocycles. The molecular formula is C22H24N2O4S. The molecule has 2 rings (SSSR count). The Morgan fingerprint density at radius 2 is 1.86 bits per heavy atom. The van der Waals surface area contributed by atoms with Crippen molar-refractivity contribution in [3.8, 4) is 11.2 Å². The zero-order valence-electron chi connectivity index (χ0n) is 16.9. The number of carbonyl (C=O) groups is 2. The van der Waals surface area contributed by atoms with Crippen molar-refractivity contribution in [1.29, 1.82) is 5.26 Å². The van der Waals surface area contributed by atoms with Gasteiger partial charge >= 0.3 is 5.97 Å². The predicted molar refractivity (Wildman–Crippen MR) is 113 cm³/mol. The van der Waals surface area contributed by atoms with Gasteiger partial charge in [0.1, 0.15) is 11.2 Å². The van der Waals surface area contributed by atoms with Gasteiger partial charge in [0.25, 0.3) is 5.91 Å². The number of benzene rings is 2. The van der Waals surface area contributed by atoms with Gasteiger partial charge in [-0.05, 0) is 72.5 Å². The molecule has 2 aromatic carbocycles. The van der Waals surface area contributed by atoms with E-state index in [1.807, 2.05) is 37.4 Å². The molecule has 0 saturated carbocycles. The third kappa shape index (κ3) is 6.84. The highest BCUT2D eigenvalue weighted by molar-refractivity contribution is 8.03. The minimum absolute atomic E-state index is 0.269. The molecule has 0 unspecified atom stereocenters. The van der Waals surface area contributed by atoms with Crippen LogP contribution >= 0.6 is 11.8 Å². The summed E-state index contributed by atoms with van der Waals surface area (Å²) in [5.74, 6) is -0.0831. The number of hydrogen-bond acceptors (Lipinski definition) is 6. The molecule has 1 N–H and O–H groups in total. The fraction of sp³-hybridized carbons (Fsp3) is 0.318. The second-order valence-corrected chi connectivity index (χ2v) is 7.71. The number of hydrogen-bond donors (Lipinski definition) is 1. The SMILES string of the molecule is Cc1cc(SC#N)ccc1NC(=O)COC(=O)COc1cc(C(C)C)ccc1C. The number of thiocyanates is 1. The van der Waals surface area contributed by atoms with Crippen LogP contribution in [0.15, 0.2) is 41.3 Å². The van der Waals surface area contributed by atoms with Gasteiger partial charge in [-0.3, -0.25) is 4.79 Å². The lowest BCUT2D eigenvalue weighted by Crippen LogP contribution is -2.24. The molecule has 2 aromatic rings. The summed E-state index contributed by atoms with van der Waals surface area (Å²) < 4.78 is 10.6. The smallest absolute Gasteiger partial charge is 0.344 e. The van der Waals surface area contributed by atoms with E-state index in [0.717, 1.165) is 33.3 Å². The van der Waals surface area contributed by atoms with E-state index in [0.29, 0.717) is 17.4 Å². The predicted octanol–water partition coefficient (Wildman–Crippen LogP) is 4.56. The quantitative estimate of drug-likeness (QED) is 0.388. The van der Waals surface area contributed by atoms with E-state index in [9.17, 15) is 9.59 Å². The van der Waals surface area contributed by atoms with Crippen molar-refractivity contribution in [3.63, 3.8) is 0 Å². The minimum Gasteiger partial charge on any atom is -0.482 e. The summed E-state index contributed by atoms with van der Waals surface area (Å²) in [5.41, 5.74) is 3.46. The molecule has 0 radical (unpaired) electrons. The second kappa shape index (κ2) is 10.5. The Balaban J connectivity index is 1.83. The van der Waals surface area contributed by atoms with E-state index in [4.69, 9.17) is 14.7 Å². The number of anilines is 1. The summed E-state index contributed by atoms with van der Waals surface area (Å²) >= 11 is 1.05. The first kappa shape index (κ1) is 22.3. The zero-order valence-corrected chi connectivity index (χ0v) is 17.8. The average molecular weight is 413 g/mol. The number of nitriles is 1. The fourth-order valence-electron chi connectivity index (χ4n) is 2.53. The lowest BCUT2D eigenvalue weighted by Gasteiger charge is -2.13. The Labute approximate surface area is 175 Å². The van der Waals surface area contributed by atoms with Gasteiger partial charge in [-0.1, -0.05) is 26.0 Å². The highest BCUT2D eigenvalue weighted by atomic mass is 32.2. The van der Waals surface area contributed by atoms with Crippen LogP contribution in [0, 0.1) is 24.5 Å². The number of aryl methyl sites for hydroxylation is 2. The van der Waals surface area contributed by atoms with E-state index in [1.54, 1.807) is 18.2 Å². The molecule has 0 spiro atoms. The summed E-state index contributed by atoms with van der Waals surface area (Å²) in [6.07, 6.45) is 0. The monoisotopic (exact) mass is 412 g/mol. The zero-order chi connectivity index (χ0) is 21.4. The topological polar surface area (TPSA) is 88.4 Å². The van der Waals surface area contributed by atoms with Crippen LogP contribution < -0.4 is 10.1 Å². The Bertz CT molecular complexity index is 935. The van der Waals surface area contributed by atoms with Crippen molar-refractivity contribution in [2.45, 2.75) is 38.5 Å². The number of nitrogens with zero attached hydrogens (tertiary/aromatic N) is 1. The first-order chi connectivity index (χ1) is 13.8. The Morgan fingerprint density at radius 3 is 2.52 bits per heavy atom. The van der Waals surface area contributed by atoms with Gasteiger partial charge in [-0.2, -0.15) is 5.26 Å². The first-order valence-corrected chi connectivity index (χ1v) is 9.97. The van der Waals surface area contributed by atoms with Gasteiger partial charge in [-0.25, -0.2) is 4.79 Å². The van der Waals surface area contributed by atoms with Gasteiger partial charge < -0.3 is 14.8 Å². The van der Waals surface area contributed by atoms with E-state index in [2.05, 4.69) is 19.2 Å².